The minimum atomic E-state index is -0.251. The maximum atomic E-state index is 12.6. The highest BCUT2D eigenvalue weighted by Crippen LogP contribution is 2.28. The van der Waals surface area contributed by atoms with Gasteiger partial charge in [-0.2, -0.15) is 5.10 Å². The molecule has 7 nitrogen and oxygen atoms in total. The van der Waals surface area contributed by atoms with E-state index in [0.717, 1.165) is 5.56 Å². The molecule has 1 heterocycles. The molecule has 0 radical (unpaired) electrons. The lowest BCUT2D eigenvalue weighted by Crippen LogP contribution is -2.26. The second-order valence-corrected chi connectivity index (χ2v) is 6.71. The average Bonchev–Trinajstić information content (AvgIpc) is 3.22. The first-order valence-electron chi connectivity index (χ1n) is 9.67. The van der Waals surface area contributed by atoms with Crippen molar-refractivity contribution in [2.75, 3.05) is 13.2 Å². The van der Waals surface area contributed by atoms with Crippen LogP contribution in [0.1, 0.15) is 29.9 Å². The van der Waals surface area contributed by atoms with E-state index in [0.29, 0.717) is 47.7 Å². The highest BCUT2D eigenvalue weighted by Gasteiger charge is 2.13. The Morgan fingerprint density at radius 2 is 1.73 bits per heavy atom. The number of hydrogen-bond donors (Lipinski definition) is 1. The van der Waals surface area contributed by atoms with Crippen molar-refractivity contribution in [3.63, 3.8) is 0 Å². The molecule has 3 aromatic rings. The van der Waals surface area contributed by atoms with E-state index in [1.54, 1.807) is 36.5 Å². The van der Waals surface area contributed by atoms with Crippen LogP contribution in [0.25, 0.3) is 0 Å². The Morgan fingerprint density at radius 1 is 1.00 bits per heavy atom. The fraction of sp³-hybridized carbons (Fsp3) is 0.273. The van der Waals surface area contributed by atoms with Crippen molar-refractivity contribution in [1.82, 2.24) is 15.1 Å². The van der Waals surface area contributed by atoms with Crippen LogP contribution in [0.15, 0.2) is 54.7 Å². The van der Waals surface area contributed by atoms with E-state index in [1.165, 1.54) is 4.68 Å². The fourth-order valence-electron chi connectivity index (χ4n) is 2.77. The first kappa shape index (κ1) is 21.5. The number of nitrogens with one attached hydrogen (secondary N) is 1. The molecule has 0 saturated carbocycles. The molecule has 158 valence electrons. The van der Waals surface area contributed by atoms with Gasteiger partial charge in [0.05, 0.1) is 13.2 Å². The van der Waals surface area contributed by atoms with Crippen molar-refractivity contribution in [3.8, 4) is 17.2 Å². The van der Waals surface area contributed by atoms with Crippen LogP contribution in [0.3, 0.4) is 0 Å². The lowest BCUT2D eigenvalue weighted by molar-refractivity contribution is 0.0929. The van der Waals surface area contributed by atoms with Crippen LogP contribution in [0.5, 0.6) is 17.2 Å². The van der Waals surface area contributed by atoms with Crippen LogP contribution in [-0.2, 0) is 13.3 Å². The Labute approximate surface area is 180 Å². The molecule has 0 unspecified atom stereocenters. The Balaban J connectivity index is 1.61. The number of halogens is 1. The lowest BCUT2D eigenvalue weighted by Gasteiger charge is -2.13. The van der Waals surface area contributed by atoms with E-state index in [1.807, 2.05) is 32.0 Å². The van der Waals surface area contributed by atoms with E-state index in [9.17, 15) is 4.79 Å². The lowest BCUT2D eigenvalue weighted by atomic mass is 10.2. The molecule has 0 aliphatic carbocycles. The predicted octanol–water partition coefficient (Wildman–Crippen LogP) is 4.30. The number of aromatic nitrogens is 2. The summed E-state index contributed by atoms with van der Waals surface area (Å²) in [6.45, 7) is 5.37. The van der Waals surface area contributed by atoms with Gasteiger partial charge < -0.3 is 19.5 Å². The zero-order chi connectivity index (χ0) is 21.3. The van der Waals surface area contributed by atoms with E-state index < -0.39 is 0 Å². The first-order valence-corrected chi connectivity index (χ1v) is 10.1. The molecule has 0 atom stereocenters. The normalized spacial score (nSPS) is 10.5. The van der Waals surface area contributed by atoms with E-state index in [-0.39, 0.29) is 12.6 Å². The van der Waals surface area contributed by atoms with Crippen molar-refractivity contribution >= 4 is 17.5 Å². The third kappa shape index (κ3) is 5.67. The highest BCUT2D eigenvalue weighted by molar-refractivity contribution is 6.30. The van der Waals surface area contributed by atoms with Gasteiger partial charge in [0.25, 0.3) is 5.91 Å². The molecule has 1 amide bonds. The summed E-state index contributed by atoms with van der Waals surface area (Å²) in [5.41, 5.74) is 1.30. The Bertz CT molecular complexity index is 973. The van der Waals surface area contributed by atoms with Gasteiger partial charge in [0.2, 0.25) is 0 Å². The monoisotopic (exact) mass is 429 g/mol. The highest BCUT2D eigenvalue weighted by atomic mass is 35.5. The molecule has 30 heavy (non-hydrogen) atoms. The molecule has 2 aromatic carbocycles. The van der Waals surface area contributed by atoms with Gasteiger partial charge in [-0.1, -0.05) is 17.7 Å². The summed E-state index contributed by atoms with van der Waals surface area (Å²) in [6, 6.07) is 14.2. The topological polar surface area (TPSA) is 74.6 Å². The number of carbonyl (C=O) groups excluding carboxylic acids is 1. The summed E-state index contributed by atoms with van der Waals surface area (Å²) in [7, 11) is 0. The van der Waals surface area contributed by atoms with Crippen molar-refractivity contribution in [2.45, 2.75) is 27.1 Å². The summed E-state index contributed by atoms with van der Waals surface area (Å²) in [5, 5.41) is 7.69. The maximum Gasteiger partial charge on any atom is 0.269 e. The molecule has 3 rings (SSSR count). The number of hydrogen-bond acceptors (Lipinski definition) is 5. The van der Waals surface area contributed by atoms with Gasteiger partial charge in [-0.05, 0) is 61.9 Å². The van der Waals surface area contributed by atoms with Crippen LogP contribution < -0.4 is 19.5 Å². The number of carbonyl (C=O) groups is 1. The molecule has 0 spiro atoms. The zero-order valence-electron chi connectivity index (χ0n) is 16.9. The average molecular weight is 430 g/mol. The third-order valence-corrected chi connectivity index (χ3v) is 4.43. The van der Waals surface area contributed by atoms with Gasteiger partial charge in [-0.3, -0.25) is 4.79 Å². The second kappa shape index (κ2) is 10.5. The van der Waals surface area contributed by atoms with Gasteiger partial charge in [-0.25, -0.2) is 4.68 Å². The number of amides is 1. The molecule has 0 bridgehead atoms. The summed E-state index contributed by atoms with van der Waals surface area (Å²) >= 11 is 5.87. The predicted molar refractivity (Wildman–Crippen MR) is 114 cm³/mol. The standard InChI is InChI=1S/C22H24ClN3O4/c1-3-28-20-10-5-16(13-21(20)29-4-2)14-24-22(27)19-11-12-25-26(19)15-30-18-8-6-17(23)7-9-18/h5-13H,3-4,14-15H2,1-2H3,(H,24,27). The molecular formula is C22H24ClN3O4. The Hall–Kier alpha value is -3.19. The van der Waals surface area contributed by atoms with E-state index >= 15 is 0 Å². The molecule has 8 heteroatoms. The number of benzene rings is 2. The van der Waals surface area contributed by atoms with Crippen LogP contribution in [0.4, 0.5) is 0 Å². The van der Waals surface area contributed by atoms with E-state index in [2.05, 4.69) is 10.4 Å². The zero-order valence-corrected chi connectivity index (χ0v) is 17.7. The van der Waals surface area contributed by atoms with Crippen molar-refractivity contribution in [3.05, 3.63) is 71.0 Å². The summed E-state index contributed by atoms with van der Waals surface area (Å²) in [5.74, 6) is 1.73. The number of ether oxygens (including phenoxy) is 3. The SMILES string of the molecule is CCOc1ccc(CNC(=O)c2ccnn2COc2ccc(Cl)cc2)cc1OCC. The first-order chi connectivity index (χ1) is 14.6. The maximum absolute atomic E-state index is 12.6. The molecule has 1 aromatic heterocycles. The van der Waals surface area contributed by atoms with Gasteiger partial charge >= 0.3 is 0 Å². The second-order valence-electron chi connectivity index (χ2n) is 6.27. The largest absolute Gasteiger partial charge is 0.490 e. The summed E-state index contributed by atoms with van der Waals surface area (Å²) in [4.78, 5) is 12.6. The summed E-state index contributed by atoms with van der Waals surface area (Å²) in [6.07, 6.45) is 1.56. The Morgan fingerprint density at radius 3 is 2.47 bits per heavy atom. The van der Waals surface area contributed by atoms with Crippen LogP contribution in [-0.4, -0.2) is 28.9 Å². The number of rotatable bonds is 10. The molecule has 0 aliphatic heterocycles. The van der Waals surface area contributed by atoms with Crippen LogP contribution >= 0.6 is 11.6 Å². The Kier molecular flexibility index (Phi) is 7.57. The summed E-state index contributed by atoms with van der Waals surface area (Å²) < 4.78 is 18.4. The van der Waals surface area contributed by atoms with Crippen molar-refractivity contribution in [1.29, 1.82) is 0 Å². The van der Waals surface area contributed by atoms with E-state index in [4.69, 9.17) is 25.8 Å². The molecule has 0 fully saturated rings. The van der Waals surface area contributed by atoms with Crippen LogP contribution in [0, 0.1) is 0 Å². The minimum Gasteiger partial charge on any atom is -0.490 e. The van der Waals surface area contributed by atoms with Gasteiger partial charge in [0, 0.05) is 17.8 Å². The molecule has 0 aliphatic rings. The van der Waals surface area contributed by atoms with Crippen LogP contribution in [0.2, 0.25) is 5.02 Å². The van der Waals surface area contributed by atoms with Crippen molar-refractivity contribution < 1.29 is 19.0 Å². The minimum absolute atomic E-state index is 0.106. The van der Waals surface area contributed by atoms with Crippen molar-refractivity contribution in [2.24, 2.45) is 0 Å². The van der Waals surface area contributed by atoms with Gasteiger partial charge in [-0.15, -0.1) is 0 Å². The third-order valence-electron chi connectivity index (χ3n) is 4.18. The van der Waals surface area contributed by atoms with Gasteiger partial charge in [0.1, 0.15) is 11.4 Å². The smallest absolute Gasteiger partial charge is 0.269 e. The van der Waals surface area contributed by atoms with Gasteiger partial charge in [0.15, 0.2) is 18.2 Å². The fourth-order valence-corrected chi connectivity index (χ4v) is 2.90. The molecular weight excluding hydrogens is 406 g/mol. The molecule has 1 N–H and O–H groups in total. The number of nitrogens with zero attached hydrogens (tertiary/aromatic N) is 2. The molecule has 0 saturated heterocycles. The quantitative estimate of drug-likeness (QED) is 0.520.